The number of aromatic amines is 1. The van der Waals surface area contributed by atoms with Crippen LogP contribution in [0.1, 0.15) is 18.6 Å². The molecule has 1 heterocycles. The Morgan fingerprint density at radius 3 is 2.65 bits per heavy atom. The summed E-state index contributed by atoms with van der Waals surface area (Å²) in [6.45, 7) is 9.47. The Balaban J connectivity index is 2.52. The van der Waals surface area contributed by atoms with E-state index in [0.29, 0.717) is 17.8 Å². The van der Waals surface area contributed by atoms with Crippen molar-refractivity contribution in [1.82, 2.24) is 10.2 Å². The van der Waals surface area contributed by atoms with Crippen molar-refractivity contribution in [3.05, 3.63) is 11.8 Å². The van der Waals surface area contributed by atoms with E-state index in [1.807, 2.05) is 6.92 Å². The van der Waals surface area contributed by atoms with Crippen LogP contribution < -0.4 is 5.59 Å². The quantitative estimate of drug-likeness (QED) is 0.648. The topological polar surface area (TPSA) is 78.4 Å². The zero-order valence-corrected chi connectivity index (χ0v) is 11.9. The largest absolute Gasteiger partial charge is 0.507 e. The van der Waals surface area contributed by atoms with Crippen molar-refractivity contribution in [2.75, 3.05) is 6.61 Å². The molecule has 17 heavy (non-hydrogen) atoms. The SMILES string of the molecule is CC(OCC[Si](C)(C)C)c1cn[nH]c1B(O)O. The van der Waals surface area contributed by atoms with Gasteiger partial charge in [0.2, 0.25) is 0 Å². The Hall–Kier alpha value is -0.628. The van der Waals surface area contributed by atoms with E-state index in [-0.39, 0.29) is 6.10 Å². The molecule has 1 aromatic rings. The van der Waals surface area contributed by atoms with Gasteiger partial charge in [-0.25, -0.2) is 0 Å². The molecule has 0 fully saturated rings. The minimum atomic E-state index is -1.53. The van der Waals surface area contributed by atoms with E-state index in [4.69, 9.17) is 14.8 Å². The Labute approximate surface area is 103 Å². The van der Waals surface area contributed by atoms with Crippen LogP contribution in [0, 0.1) is 0 Å². The lowest BCUT2D eigenvalue weighted by Gasteiger charge is -2.18. The van der Waals surface area contributed by atoms with Crippen LogP contribution in [0.2, 0.25) is 25.7 Å². The van der Waals surface area contributed by atoms with Crippen LogP contribution in [0.3, 0.4) is 0 Å². The zero-order valence-electron chi connectivity index (χ0n) is 10.9. The average Bonchev–Trinajstić information content (AvgIpc) is 2.63. The average molecular weight is 256 g/mol. The molecule has 1 rings (SSSR count). The third-order valence-corrected chi connectivity index (χ3v) is 4.32. The van der Waals surface area contributed by atoms with Gasteiger partial charge in [-0.15, -0.1) is 0 Å². The van der Waals surface area contributed by atoms with Gasteiger partial charge in [0.15, 0.2) is 0 Å². The van der Waals surface area contributed by atoms with Crippen LogP contribution in [0.25, 0.3) is 0 Å². The zero-order chi connectivity index (χ0) is 13.1. The predicted molar refractivity (Wildman–Crippen MR) is 70.9 cm³/mol. The van der Waals surface area contributed by atoms with Gasteiger partial charge in [-0.3, -0.25) is 5.10 Å². The maximum Gasteiger partial charge on any atom is 0.507 e. The molecular weight excluding hydrogens is 235 g/mol. The molecular formula is C10H21BN2O3Si. The van der Waals surface area contributed by atoms with Crippen LogP contribution in [-0.4, -0.2) is 42.0 Å². The number of nitrogens with zero attached hydrogens (tertiary/aromatic N) is 1. The number of hydrogen-bond acceptors (Lipinski definition) is 4. The summed E-state index contributed by atoms with van der Waals surface area (Å²) in [4.78, 5) is 0. The molecule has 0 amide bonds. The van der Waals surface area contributed by atoms with Crippen LogP contribution in [-0.2, 0) is 4.74 Å². The summed E-state index contributed by atoms with van der Waals surface area (Å²) in [6.07, 6.45) is 1.40. The normalized spacial score (nSPS) is 13.8. The van der Waals surface area contributed by atoms with Gasteiger partial charge < -0.3 is 14.8 Å². The standard InChI is InChI=1S/C10H21BN2O3Si/c1-8(16-5-6-17(2,3)4)9-7-12-13-10(9)11(14)15/h7-8,14-15H,5-6H2,1-4H3,(H,12,13). The predicted octanol–water partition coefficient (Wildman–Crippen LogP) is 0.505. The van der Waals surface area contributed by atoms with Gasteiger partial charge in [-0.2, -0.15) is 5.10 Å². The minimum Gasteiger partial charge on any atom is -0.422 e. The van der Waals surface area contributed by atoms with Crippen molar-refractivity contribution in [3.63, 3.8) is 0 Å². The van der Waals surface area contributed by atoms with Crippen molar-refractivity contribution in [1.29, 1.82) is 0 Å². The molecule has 0 aromatic carbocycles. The number of hydrogen-bond donors (Lipinski definition) is 3. The summed E-state index contributed by atoms with van der Waals surface area (Å²) >= 11 is 0. The monoisotopic (exact) mass is 256 g/mol. The minimum absolute atomic E-state index is 0.179. The molecule has 96 valence electrons. The summed E-state index contributed by atoms with van der Waals surface area (Å²) in [5, 5.41) is 24.6. The van der Waals surface area contributed by atoms with Crippen molar-refractivity contribution < 1.29 is 14.8 Å². The van der Waals surface area contributed by atoms with Gasteiger partial charge in [-0.1, -0.05) is 19.6 Å². The highest BCUT2D eigenvalue weighted by Gasteiger charge is 2.22. The highest BCUT2D eigenvalue weighted by molar-refractivity contribution is 6.76. The first-order valence-electron chi connectivity index (χ1n) is 5.82. The van der Waals surface area contributed by atoms with Gasteiger partial charge in [0.25, 0.3) is 0 Å². The first-order valence-corrected chi connectivity index (χ1v) is 9.53. The number of aromatic nitrogens is 2. The summed E-state index contributed by atoms with van der Waals surface area (Å²) in [5.74, 6) is 0. The van der Waals surface area contributed by atoms with E-state index in [1.165, 1.54) is 0 Å². The molecule has 0 bridgehead atoms. The van der Waals surface area contributed by atoms with Crippen LogP contribution in [0.15, 0.2) is 6.20 Å². The summed E-state index contributed by atoms with van der Waals surface area (Å²) in [7, 11) is -2.62. The van der Waals surface area contributed by atoms with E-state index in [1.54, 1.807) is 6.20 Å². The highest BCUT2D eigenvalue weighted by atomic mass is 28.3. The van der Waals surface area contributed by atoms with E-state index in [9.17, 15) is 0 Å². The number of nitrogens with one attached hydrogen (secondary N) is 1. The lowest BCUT2D eigenvalue weighted by molar-refractivity contribution is 0.0763. The molecule has 0 aliphatic carbocycles. The fraction of sp³-hybridized carbons (Fsp3) is 0.700. The maximum atomic E-state index is 9.13. The number of rotatable bonds is 6. The fourth-order valence-electron chi connectivity index (χ4n) is 1.47. The second-order valence-electron chi connectivity index (χ2n) is 5.44. The van der Waals surface area contributed by atoms with E-state index in [2.05, 4.69) is 29.8 Å². The van der Waals surface area contributed by atoms with Gasteiger partial charge in [-0.05, 0) is 13.0 Å². The Morgan fingerprint density at radius 1 is 1.47 bits per heavy atom. The third-order valence-electron chi connectivity index (χ3n) is 2.62. The molecule has 0 saturated heterocycles. The molecule has 0 aliphatic heterocycles. The van der Waals surface area contributed by atoms with Crippen LogP contribution in [0.4, 0.5) is 0 Å². The van der Waals surface area contributed by atoms with E-state index >= 15 is 0 Å². The van der Waals surface area contributed by atoms with Crippen LogP contribution in [0.5, 0.6) is 0 Å². The smallest absolute Gasteiger partial charge is 0.422 e. The molecule has 0 spiro atoms. The van der Waals surface area contributed by atoms with E-state index in [0.717, 1.165) is 6.04 Å². The van der Waals surface area contributed by atoms with Gasteiger partial charge in [0.1, 0.15) is 0 Å². The third kappa shape index (κ3) is 4.63. The molecule has 1 atom stereocenters. The molecule has 0 radical (unpaired) electrons. The number of ether oxygens (including phenoxy) is 1. The van der Waals surface area contributed by atoms with Gasteiger partial charge >= 0.3 is 7.12 Å². The molecule has 0 aliphatic rings. The Kier molecular flexibility index (Phi) is 4.93. The van der Waals surface area contributed by atoms with Crippen molar-refractivity contribution >= 4 is 20.8 Å². The van der Waals surface area contributed by atoms with Crippen molar-refractivity contribution in [3.8, 4) is 0 Å². The Morgan fingerprint density at radius 2 is 2.12 bits per heavy atom. The lowest BCUT2D eigenvalue weighted by atomic mass is 9.82. The molecule has 0 saturated carbocycles. The molecule has 3 N–H and O–H groups in total. The van der Waals surface area contributed by atoms with Crippen LogP contribution >= 0.6 is 0 Å². The lowest BCUT2D eigenvalue weighted by Crippen LogP contribution is -2.35. The summed E-state index contributed by atoms with van der Waals surface area (Å²) in [6, 6.07) is 1.09. The van der Waals surface area contributed by atoms with Crippen molar-refractivity contribution in [2.24, 2.45) is 0 Å². The summed E-state index contributed by atoms with van der Waals surface area (Å²) < 4.78 is 5.71. The number of H-pyrrole nitrogens is 1. The molecule has 7 heteroatoms. The van der Waals surface area contributed by atoms with Gasteiger partial charge in [0.05, 0.1) is 17.9 Å². The van der Waals surface area contributed by atoms with Gasteiger partial charge in [0, 0.05) is 20.2 Å². The maximum absolute atomic E-state index is 9.13. The molecule has 1 unspecified atom stereocenters. The molecule has 5 nitrogen and oxygen atoms in total. The first-order chi connectivity index (χ1) is 7.81. The first kappa shape index (κ1) is 14.4. The second-order valence-corrected chi connectivity index (χ2v) is 11.1. The van der Waals surface area contributed by atoms with E-state index < -0.39 is 15.2 Å². The highest BCUT2D eigenvalue weighted by Crippen LogP contribution is 2.16. The fourth-order valence-corrected chi connectivity index (χ4v) is 2.20. The Bertz CT molecular complexity index is 352. The summed E-state index contributed by atoms with van der Waals surface area (Å²) in [5.41, 5.74) is 1.01. The second kappa shape index (κ2) is 5.81. The molecule has 1 aromatic heterocycles. The van der Waals surface area contributed by atoms with Crippen molar-refractivity contribution in [2.45, 2.75) is 38.7 Å².